The van der Waals surface area contributed by atoms with Crippen LogP contribution in [0.25, 0.3) is 0 Å². The number of aromatic nitrogens is 2. The molecule has 0 aliphatic rings. The Bertz CT molecular complexity index is 728. The summed E-state index contributed by atoms with van der Waals surface area (Å²) in [5.74, 6) is 0.0326. The summed E-state index contributed by atoms with van der Waals surface area (Å²) in [6.07, 6.45) is 0. The van der Waals surface area contributed by atoms with Crippen LogP contribution in [0.4, 0.5) is 4.39 Å². The molecule has 0 bridgehead atoms. The molecule has 96 valence electrons. The zero-order chi connectivity index (χ0) is 14.0. The van der Waals surface area contributed by atoms with Crippen LogP contribution < -0.4 is 5.56 Å². The van der Waals surface area contributed by atoms with Crippen LogP contribution >= 0.6 is 0 Å². The Kier molecular flexibility index (Phi) is 3.43. The van der Waals surface area contributed by atoms with Crippen LogP contribution in [0.15, 0.2) is 29.1 Å². The molecular weight excluding hydrogens is 245 g/mol. The predicted molar refractivity (Wildman–Crippen MR) is 68.2 cm³/mol. The van der Waals surface area contributed by atoms with Gasteiger partial charge in [0.1, 0.15) is 17.7 Å². The molecule has 1 heterocycles. The molecule has 2 rings (SSSR count). The number of halogens is 1. The second-order valence-corrected chi connectivity index (χ2v) is 4.30. The molecule has 0 amide bonds. The average molecular weight is 257 g/mol. The van der Waals surface area contributed by atoms with Crippen molar-refractivity contribution < 1.29 is 4.39 Å². The summed E-state index contributed by atoms with van der Waals surface area (Å²) in [5.41, 5.74) is 1.17. The van der Waals surface area contributed by atoms with Gasteiger partial charge in [-0.05, 0) is 31.5 Å². The minimum atomic E-state index is -0.558. The number of hydrogen-bond acceptors (Lipinski definition) is 3. The van der Waals surface area contributed by atoms with Crippen LogP contribution in [0.3, 0.4) is 0 Å². The Morgan fingerprint density at radius 2 is 2.11 bits per heavy atom. The first-order valence-electron chi connectivity index (χ1n) is 5.75. The van der Waals surface area contributed by atoms with E-state index in [0.717, 1.165) is 0 Å². The molecule has 0 aliphatic heterocycles. The number of aryl methyl sites for hydroxylation is 2. The van der Waals surface area contributed by atoms with Crippen LogP contribution in [-0.4, -0.2) is 9.55 Å². The van der Waals surface area contributed by atoms with Crippen molar-refractivity contribution in [2.24, 2.45) is 0 Å². The molecule has 0 atom stereocenters. The highest BCUT2D eigenvalue weighted by Gasteiger charge is 2.07. The number of nitrogens with zero attached hydrogens (tertiary/aromatic N) is 3. The maximum absolute atomic E-state index is 13.2. The van der Waals surface area contributed by atoms with Crippen molar-refractivity contribution in [3.05, 3.63) is 63.1 Å². The summed E-state index contributed by atoms with van der Waals surface area (Å²) in [6.45, 7) is 3.76. The molecule has 5 heteroatoms. The molecule has 1 aromatic heterocycles. The minimum absolute atomic E-state index is 0.0247. The van der Waals surface area contributed by atoms with Crippen molar-refractivity contribution in [3.63, 3.8) is 0 Å². The third-order valence-electron chi connectivity index (χ3n) is 2.82. The van der Waals surface area contributed by atoms with Gasteiger partial charge in [0.05, 0.1) is 12.1 Å². The van der Waals surface area contributed by atoms with E-state index in [2.05, 4.69) is 4.98 Å². The van der Waals surface area contributed by atoms with E-state index >= 15 is 0 Å². The zero-order valence-electron chi connectivity index (χ0n) is 10.6. The fraction of sp³-hybridized carbons (Fsp3) is 0.214. The Balaban J connectivity index is 2.43. The molecule has 0 spiro atoms. The molecule has 19 heavy (non-hydrogen) atoms. The second kappa shape index (κ2) is 5.02. The van der Waals surface area contributed by atoms with Crippen molar-refractivity contribution in [3.8, 4) is 6.07 Å². The van der Waals surface area contributed by atoms with Gasteiger partial charge in [-0.2, -0.15) is 5.26 Å². The standard InChI is InChI=1S/C14H12FN3O/c1-9-5-14(19)18(10(2)17-9)8-11-3-4-13(15)12(6-11)7-16/h3-6H,8H2,1-2H3. The predicted octanol–water partition coefficient (Wildman–Crippen LogP) is 1.92. The van der Waals surface area contributed by atoms with Gasteiger partial charge < -0.3 is 0 Å². The first kappa shape index (κ1) is 13.0. The molecular formula is C14H12FN3O. The summed E-state index contributed by atoms with van der Waals surface area (Å²) in [7, 11) is 0. The van der Waals surface area contributed by atoms with E-state index in [9.17, 15) is 9.18 Å². The van der Waals surface area contributed by atoms with E-state index in [0.29, 0.717) is 17.1 Å². The fourth-order valence-electron chi connectivity index (χ4n) is 1.90. The third-order valence-corrected chi connectivity index (χ3v) is 2.82. The van der Waals surface area contributed by atoms with E-state index in [1.165, 1.54) is 22.8 Å². The molecule has 0 radical (unpaired) electrons. The summed E-state index contributed by atoms with van der Waals surface area (Å²) >= 11 is 0. The molecule has 2 aromatic rings. The Morgan fingerprint density at radius 3 is 2.74 bits per heavy atom. The van der Waals surface area contributed by atoms with Crippen molar-refractivity contribution in [1.82, 2.24) is 9.55 Å². The van der Waals surface area contributed by atoms with E-state index in [-0.39, 0.29) is 17.7 Å². The topological polar surface area (TPSA) is 58.7 Å². The maximum atomic E-state index is 13.2. The van der Waals surface area contributed by atoms with Crippen molar-refractivity contribution in [1.29, 1.82) is 5.26 Å². The minimum Gasteiger partial charge on any atom is -0.292 e. The summed E-state index contributed by atoms with van der Waals surface area (Å²) < 4.78 is 14.7. The lowest BCUT2D eigenvalue weighted by molar-refractivity contribution is 0.621. The Morgan fingerprint density at radius 1 is 1.37 bits per heavy atom. The third kappa shape index (κ3) is 2.68. The highest BCUT2D eigenvalue weighted by Crippen LogP contribution is 2.10. The number of nitriles is 1. The number of benzene rings is 1. The molecule has 4 nitrogen and oxygen atoms in total. The van der Waals surface area contributed by atoms with E-state index in [1.807, 2.05) is 0 Å². The summed E-state index contributed by atoms with van der Waals surface area (Å²) in [4.78, 5) is 16.1. The van der Waals surface area contributed by atoms with Crippen LogP contribution in [0.5, 0.6) is 0 Å². The van der Waals surface area contributed by atoms with E-state index in [4.69, 9.17) is 5.26 Å². The first-order valence-corrected chi connectivity index (χ1v) is 5.75. The van der Waals surface area contributed by atoms with Gasteiger partial charge in [0, 0.05) is 11.8 Å². The Labute approximate surface area is 109 Å². The van der Waals surface area contributed by atoms with Gasteiger partial charge in [-0.3, -0.25) is 9.36 Å². The molecule has 0 fully saturated rings. The molecule has 0 saturated carbocycles. The van der Waals surface area contributed by atoms with Gasteiger partial charge in [-0.1, -0.05) is 6.07 Å². The van der Waals surface area contributed by atoms with Crippen molar-refractivity contribution in [2.45, 2.75) is 20.4 Å². The SMILES string of the molecule is Cc1cc(=O)n(Cc2ccc(F)c(C#N)c2)c(C)n1. The largest absolute Gasteiger partial charge is 0.292 e. The van der Waals surface area contributed by atoms with Crippen molar-refractivity contribution >= 4 is 0 Å². The van der Waals surface area contributed by atoms with Gasteiger partial charge in [0.25, 0.3) is 5.56 Å². The van der Waals surface area contributed by atoms with Gasteiger partial charge in [0.15, 0.2) is 0 Å². The summed E-state index contributed by atoms with van der Waals surface area (Å²) in [6, 6.07) is 7.46. The lowest BCUT2D eigenvalue weighted by atomic mass is 10.1. The van der Waals surface area contributed by atoms with Crippen LogP contribution in [0, 0.1) is 31.0 Å². The van der Waals surface area contributed by atoms with Gasteiger partial charge in [-0.15, -0.1) is 0 Å². The van der Waals surface area contributed by atoms with Gasteiger partial charge >= 0.3 is 0 Å². The van der Waals surface area contributed by atoms with E-state index in [1.54, 1.807) is 26.0 Å². The van der Waals surface area contributed by atoms with Gasteiger partial charge in [-0.25, -0.2) is 9.37 Å². The molecule has 0 N–H and O–H groups in total. The second-order valence-electron chi connectivity index (χ2n) is 4.30. The highest BCUT2D eigenvalue weighted by molar-refractivity contribution is 5.34. The monoisotopic (exact) mass is 257 g/mol. The number of rotatable bonds is 2. The fourth-order valence-corrected chi connectivity index (χ4v) is 1.90. The first-order chi connectivity index (χ1) is 9.01. The molecule has 0 unspecified atom stereocenters. The normalized spacial score (nSPS) is 10.2. The van der Waals surface area contributed by atoms with Crippen LogP contribution in [0.1, 0.15) is 22.6 Å². The zero-order valence-corrected chi connectivity index (χ0v) is 10.6. The lowest BCUT2D eigenvalue weighted by Crippen LogP contribution is -2.24. The Hall–Kier alpha value is -2.48. The molecule has 0 aliphatic carbocycles. The van der Waals surface area contributed by atoms with Crippen LogP contribution in [-0.2, 0) is 6.54 Å². The maximum Gasteiger partial charge on any atom is 0.254 e. The number of hydrogen-bond donors (Lipinski definition) is 0. The average Bonchev–Trinajstić information content (AvgIpc) is 2.35. The van der Waals surface area contributed by atoms with Gasteiger partial charge in [0.2, 0.25) is 0 Å². The molecule has 1 aromatic carbocycles. The van der Waals surface area contributed by atoms with Crippen molar-refractivity contribution in [2.75, 3.05) is 0 Å². The molecule has 0 saturated heterocycles. The highest BCUT2D eigenvalue weighted by atomic mass is 19.1. The smallest absolute Gasteiger partial charge is 0.254 e. The summed E-state index contributed by atoms with van der Waals surface area (Å²) in [5, 5.41) is 8.78. The quantitative estimate of drug-likeness (QED) is 0.825. The lowest BCUT2D eigenvalue weighted by Gasteiger charge is -2.10. The van der Waals surface area contributed by atoms with Crippen LogP contribution in [0.2, 0.25) is 0 Å². The van der Waals surface area contributed by atoms with E-state index < -0.39 is 5.82 Å².